The monoisotopic (exact) mass is 311 g/mol. The Morgan fingerprint density at radius 1 is 1.50 bits per heavy atom. The van der Waals surface area contributed by atoms with E-state index in [1.165, 1.54) is 11.8 Å². The minimum absolute atomic E-state index is 0. The number of hydrogen-bond donors (Lipinski definition) is 2. The zero-order valence-corrected chi connectivity index (χ0v) is 13.3. The number of fused-ring (bicyclic) bond motifs is 1. The van der Waals surface area contributed by atoms with E-state index in [2.05, 4.69) is 9.47 Å². The summed E-state index contributed by atoms with van der Waals surface area (Å²) < 4.78 is 9.05. The van der Waals surface area contributed by atoms with Crippen molar-refractivity contribution in [2.45, 2.75) is 11.4 Å². The smallest absolute Gasteiger partial charge is 0.498 e. The first kappa shape index (κ1) is 17.1. The topological polar surface area (TPSA) is 148 Å². The molecule has 2 amide bonds. The summed E-state index contributed by atoms with van der Waals surface area (Å²) in [5.74, 6) is -0.375. The number of carboxylic acid groups (broad SMARTS) is 1. The van der Waals surface area contributed by atoms with E-state index in [1.807, 2.05) is 0 Å². The second-order valence-electron chi connectivity index (χ2n) is 3.80. The molecule has 2 atom stereocenters. The largest absolute Gasteiger partial charge is 1.00 e. The molecule has 2 heterocycles. The van der Waals surface area contributed by atoms with E-state index >= 15 is 0 Å². The Hall–Kier alpha value is -0.940. The number of primary amides is 1. The molecule has 0 aliphatic carbocycles. The van der Waals surface area contributed by atoms with Crippen molar-refractivity contribution in [1.82, 2.24) is 4.90 Å². The van der Waals surface area contributed by atoms with Crippen LogP contribution in [-0.4, -0.2) is 46.8 Å². The molecule has 11 heteroatoms. The standard InChI is InChI=1S/C9H11N3O6S.Na/c10-4-5(13)12-6(18-9(15)16)3(1-17-8(11)14)2-19-7(4)12;/h4,7H,1-2,10H2,(H2,11,14)(H,15,16);/q;+1/p-1/t4?,7-;/m0./s1. The van der Waals surface area contributed by atoms with Gasteiger partial charge in [0, 0.05) is 11.3 Å². The number of nitrogens with two attached hydrogens (primary N) is 2. The Bertz CT molecular complexity index is 484. The summed E-state index contributed by atoms with van der Waals surface area (Å²) in [7, 11) is 0. The fourth-order valence-corrected chi connectivity index (χ4v) is 3.01. The predicted molar refractivity (Wildman–Crippen MR) is 60.1 cm³/mol. The molecule has 2 aliphatic heterocycles. The number of amides is 2. The van der Waals surface area contributed by atoms with Gasteiger partial charge in [-0.1, -0.05) is 0 Å². The van der Waals surface area contributed by atoms with Crippen molar-refractivity contribution in [1.29, 1.82) is 0 Å². The summed E-state index contributed by atoms with van der Waals surface area (Å²) in [6.45, 7) is -0.267. The van der Waals surface area contributed by atoms with Gasteiger partial charge in [-0.2, -0.15) is 0 Å². The fourth-order valence-electron chi connectivity index (χ4n) is 1.76. The van der Waals surface area contributed by atoms with E-state index < -0.39 is 24.2 Å². The maximum Gasteiger partial charge on any atom is 1.00 e. The maximum atomic E-state index is 11.6. The second-order valence-corrected chi connectivity index (χ2v) is 4.91. The van der Waals surface area contributed by atoms with Crippen LogP contribution in [0.4, 0.5) is 9.59 Å². The molecule has 0 aromatic heterocycles. The molecule has 1 saturated heterocycles. The summed E-state index contributed by atoms with van der Waals surface area (Å²) in [5.41, 5.74) is 10.7. The van der Waals surface area contributed by atoms with Gasteiger partial charge in [-0.25, -0.2) is 4.79 Å². The zero-order valence-electron chi connectivity index (χ0n) is 10.5. The van der Waals surface area contributed by atoms with E-state index in [0.29, 0.717) is 11.3 Å². The van der Waals surface area contributed by atoms with Gasteiger partial charge in [0.15, 0.2) is 0 Å². The minimum Gasteiger partial charge on any atom is -0.498 e. The zero-order chi connectivity index (χ0) is 14.2. The van der Waals surface area contributed by atoms with Crippen molar-refractivity contribution in [3.05, 3.63) is 11.5 Å². The van der Waals surface area contributed by atoms with Gasteiger partial charge in [0.1, 0.15) is 23.9 Å². The van der Waals surface area contributed by atoms with Crippen LogP contribution in [0.25, 0.3) is 0 Å². The third-order valence-corrected chi connectivity index (χ3v) is 3.96. The fraction of sp³-hybridized carbons (Fsp3) is 0.444. The van der Waals surface area contributed by atoms with Gasteiger partial charge < -0.3 is 30.8 Å². The quantitative estimate of drug-likeness (QED) is 0.299. The van der Waals surface area contributed by atoms with Crippen LogP contribution in [0.1, 0.15) is 0 Å². The van der Waals surface area contributed by atoms with Crippen LogP contribution in [0.3, 0.4) is 0 Å². The Kier molecular flexibility index (Phi) is 5.71. The average Bonchev–Trinajstić information content (AvgIpc) is 2.34. The van der Waals surface area contributed by atoms with Gasteiger partial charge in [-0.3, -0.25) is 9.69 Å². The van der Waals surface area contributed by atoms with Gasteiger partial charge in [0.2, 0.25) is 5.91 Å². The van der Waals surface area contributed by atoms with Gasteiger partial charge in [-0.05, 0) is 0 Å². The van der Waals surface area contributed by atoms with Crippen LogP contribution in [0.5, 0.6) is 0 Å². The molecule has 104 valence electrons. The van der Waals surface area contributed by atoms with Gasteiger partial charge in [0.05, 0.1) is 0 Å². The number of hydrogen-bond acceptors (Lipinski definition) is 8. The number of ether oxygens (including phenoxy) is 2. The van der Waals surface area contributed by atoms with Gasteiger partial charge >= 0.3 is 35.7 Å². The predicted octanol–water partition coefficient (Wildman–Crippen LogP) is -5.10. The number of rotatable bonds is 3. The molecule has 0 aromatic carbocycles. The number of thioether (sulfide) groups is 1. The molecule has 0 spiro atoms. The second kappa shape index (κ2) is 6.68. The Labute approximate surface area is 139 Å². The van der Waals surface area contributed by atoms with E-state index in [0.717, 1.165) is 4.90 Å². The summed E-state index contributed by atoms with van der Waals surface area (Å²) >= 11 is 1.31. The summed E-state index contributed by atoms with van der Waals surface area (Å²) in [6.07, 6.45) is -2.83. The van der Waals surface area contributed by atoms with Crippen LogP contribution in [0.15, 0.2) is 11.5 Å². The maximum absolute atomic E-state index is 11.6. The van der Waals surface area contributed by atoms with Crippen LogP contribution < -0.4 is 46.1 Å². The van der Waals surface area contributed by atoms with E-state index in [1.54, 1.807) is 0 Å². The Balaban J connectivity index is 0.00000200. The molecule has 9 nitrogen and oxygen atoms in total. The molecule has 1 fully saturated rings. The molecule has 20 heavy (non-hydrogen) atoms. The number of carbonyl (C=O) groups is 3. The molecule has 0 saturated carbocycles. The molecule has 1 unspecified atom stereocenters. The molecule has 0 radical (unpaired) electrons. The summed E-state index contributed by atoms with van der Waals surface area (Å²) in [4.78, 5) is 33.8. The van der Waals surface area contributed by atoms with Crippen molar-refractivity contribution in [3.63, 3.8) is 0 Å². The van der Waals surface area contributed by atoms with E-state index in [-0.39, 0.29) is 47.4 Å². The normalized spacial score (nSPS) is 24.2. The Morgan fingerprint density at radius 2 is 2.15 bits per heavy atom. The van der Waals surface area contributed by atoms with Crippen LogP contribution >= 0.6 is 11.8 Å². The van der Waals surface area contributed by atoms with Crippen molar-refractivity contribution >= 4 is 29.9 Å². The van der Waals surface area contributed by atoms with Crippen molar-refractivity contribution < 1.29 is 58.5 Å². The van der Waals surface area contributed by atoms with Gasteiger partial charge in [0.25, 0.3) is 6.16 Å². The molecule has 4 N–H and O–H groups in total. The number of β-lactam (4-membered cyclic amide) rings is 1. The number of nitrogens with zero attached hydrogens (tertiary/aromatic N) is 1. The van der Waals surface area contributed by atoms with Crippen molar-refractivity contribution in [2.75, 3.05) is 12.4 Å². The Morgan fingerprint density at radius 3 is 2.70 bits per heavy atom. The number of carbonyl (C=O) groups excluding carboxylic acids is 3. The molecule has 0 bridgehead atoms. The SMILES string of the molecule is NC(=O)OCC1=C(OC(=O)[O-])N2C(=O)C(N)[C@@H]2SC1.[Na+]. The summed E-state index contributed by atoms with van der Waals surface area (Å²) in [6, 6.07) is -0.705. The molecule has 2 aliphatic rings. The van der Waals surface area contributed by atoms with E-state index in [4.69, 9.17) is 11.5 Å². The van der Waals surface area contributed by atoms with Crippen LogP contribution in [0, 0.1) is 0 Å². The van der Waals surface area contributed by atoms with Crippen LogP contribution in [-0.2, 0) is 14.3 Å². The first-order valence-corrected chi connectivity index (χ1v) is 6.20. The minimum atomic E-state index is -1.81. The third-order valence-electron chi connectivity index (χ3n) is 2.60. The van der Waals surface area contributed by atoms with Gasteiger partial charge in [-0.15, -0.1) is 11.8 Å². The van der Waals surface area contributed by atoms with E-state index in [9.17, 15) is 19.5 Å². The van der Waals surface area contributed by atoms with Crippen molar-refractivity contribution in [2.24, 2.45) is 11.5 Å². The molecular weight excluding hydrogens is 301 g/mol. The molecular formula is C9H10N3NaO6S. The first-order chi connectivity index (χ1) is 8.91. The third kappa shape index (κ3) is 3.20. The summed E-state index contributed by atoms with van der Waals surface area (Å²) in [5, 5.41) is 10.2. The molecule has 0 aromatic rings. The average molecular weight is 311 g/mol. The first-order valence-electron chi connectivity index (χ1n) is 5.15. The van der Waals surface area contributed by atoms with Crippen molar-refractivity contribution in [3.8, 4) is 0 Å². The molecule has 2 rings (SSSR count). The van der Waals surface area contributed by atoms with Crippen LogP contribution in [0.2, 0.25) is 0 Å².